The minimum atomic E-state index is 0.346. The summed E-state index contributed by atoms with van der Waals surface area (Å²) in [5, 5.41) is 3.59. The van der Waals surface area contributed by atoms with Gasteiger partial charge in [-0.05, 0) is 31.7 Å². The first-order chi connectivity index (χ1) is 6.58. The molecule has 1 heteroatoms. The van der Waals surface area contributed by atoms with Crippen molar-refractivity contribution >= 4 is 0 Å². The summed E-state index contributed by atoms with van der Waals surface area (Å²) >= 11 is 0. The lowest BCUT2D eigenvalue weighted by atomic mass is 9.80. The fourth-order valence-electron chi connectivity index (χ4n) is 1.39. The van der Waals surface area contributed by atoms with E-state index in [2.05, 4.69) is 44.9 Å². The van der Waals surface area contributed by atoms with E-state index >= 15 is 0 Å². The topological polar surface area (TPSA) is 12.0 Å². The summed E-state index contributed by atoms with van der Waals surface area (Å²) in [6.07, 6.45) is 3.35. The van der Waals surface area contributed by atoms with Gasteiger partial charge in [0.25, 0.3) is 0 Å². The van der Waals surface area contributed by atoms with Crippen molar-refractivity contribution in [2.24, 2.45) is 5.41 Å². The third kappa shape index (κ3) is 4.67. The summed E-state index contributed by atoms with van der Waals surface area (Å²) in [5.41, 5.74) is 0.346. The fourth-order valence-corrected chi connectivity index (χ4v) is 1.39. The van der Waals surface area contributed by atoms with Crippen LogP contribution in [0.5, 0.6) is 0 Å². The first kappa shape index (κ1) is 13.5. The predicted octanol–water partition coefficient (Wildman–Crippen LogP) is 3.20. The molecule has 0 fully saturated rings. The van der Waals surface area contributed by atoms with Crippen LogP contribution < -0.4 is 5.32 Å². The van der Waals surface area contributed by atoms with Gasteiger partial charge in [-0.15, -0.1) is 11.8 Å². The molecule has 0 aliphatic rings. The Morgan fingerprint density at radius 1 is 1.29 bits per heavy atom. The molecule has 82 valence electrons. The summed E-state index contributed by atoms with van der Waals surface area (Å²) < 4.78 is 0. The third-order valence-corrected chi connectivity index (χ3v) is 2.98. The van der Waals surface area contributed by atoms with Crippen molar-refractivity contribution in [2.75, 3.05) is 6.54 Å². The highest BCUT2D eigenvalue weighted by Crippen LogP contribution is 2.26. The minimum absolute atomic E-state index is 0.346. The van der Waals surface area contributed by atoms with E-state index in [4.69, 9.17) is 0 Å². The van der Waals surface area contributed by atoms with Crippen LogP contribution in [0.1, 0.15) is 53.9 Å². The lowest BCUT2D eigenvalue weighted by molar-refractivity contribution is 0.235. The van der Waals surface area contributed by atoms with Gasteiger partial charge in [0.05, 0.1) is 0 Å². The van der Waals surface area contributed by atoms with Crippen molar-refractivity contribution < 1.29 is 0 Å². The Bertz CT molecular complexity index is 195. The molecule has 0 spiro atoms. The summed E-state index contributed by atoms with van der Waals surface area (Å²) in [4.78, 5) is 0. The summed E-state index contributed by atoms with van der Waals surface area (Å²) in [6.45, 7) is 12.1. The van der Waals surface area contributed by atoms with Crippen LogP contribution in [0, 0.1) is 17.3 Å². The van der Waals surface area contributed by atoms with E-state index in [1.54, 1.807) is 0 Å². The fraction of sp³-hybridized carbons (Fsp3) is 0.846. The molecule has 0 bridgehead atoms. The van der Waals surface area contributed by atoms with Gasteiger partial charge < -0.3 is 5.32 Å². The van der Waals surface area contributed by atoms with Crippen LogP contribution in [0.25, 0.3) is 0 Å². The summed E-state index contributed by atoms with van der Waals surface area (Å²) in [7, 11) is 0. The summed E-state index contributed by atoms with van der Waals surface area (Å²) in [5.74, 6) is 6.17. The molecule has 1 unspecified atom stereocenters. The monoisotopic (exact) mass is 195 g/mol. The minimum Gasteiger partial charge on any atom is -0.313 e. The van der Waals surface area contributed by atoms with Gasteiger partial charge in [-0.1, -0.05) is 27.7 Å². The Morgan fingerprint density at radius 2 is 1.93 bits per heavy atom. The molecule has 0 aromatic carbocycles. The average molecular weight is 195 g/mol. The molecule has 0 radical (unpaired) electrons. The first-order valence-corrected chi connectivity index (χ1v) is 5.71. The normalized spacial score (nSPS) is 13.2. The standard InChI is InChI=1S/C13H25N/c1-6-9-10-12(14-11-7-2)13(4,5)8-3/h12,14H,7-8,10-11H2,1-5H3. The van der Waals surface area contributed by atoms with Crippen molar-refractivity contribution in [3.8, 4) is 11.8 Å². The van der Waals surface area contributed by atoms with Crippen molar-refractivity contribution in [1.82, 2.24) is 5.32 Å². The summed E-state index contributed by atoms with van der Waals surface area (Å²) in [6, 6.07) is 0.528. The van der Waals surface area contributed by atoms with Crippen molar-refractivity contribution in [2.45, 2.75) is 59.9 Å². The third-order valence-electron chi connectivity index (χ3n) is 2.98. The maximum atomic E-state index is 3.59. The van der Waals surface area contributed by atoms with Crippen LogP contribution in [0.4, 0.5) is 0 Å². The molecule has 0 heterocycles. The number of hydrogen-bond acceptors (Lipinski definition) is 1. The second kappa shape index (κ2) is 6.90. The zero-order valence-electron chi connectivity index (χ0n) is 10.4. The largest absolute Gasteiger partial charge is 0.313 e. The maximum absolute atomic E-state index is 3.59. The van der Waals surface area contributed by atoms with E-state index in [-0.39, 0.29) is 0 Å². The van der Waals surface area contributed by atoms with Gasteiger partial charge >= 0.3 is 0 Å². The molecule has 0 aromatic rings. The molecule has 0 saturated carbocycles. The molecule has 0 aliphatic heterocycles. The zero-order valence-corrected chi connectivity index (χ0v) is 10.4. The zero-order chi connectivity index (χ0) is 11.0. The van der Waals surface area contributed by atoms with Crippen LogP contribution in [-0.2, 0) is 0 Å². The van der Waals surface area contributed by atoms with Gasteiger partial charge in [-0.3, -0.25) is 0 Å². The molecule has 1 nitrogen and oxygen atoms in total. The van der Waals surface area contributed by atoms with E-state index in [1.165, 1.54) is 12.8 Å². The Hall–Kier alpha value is -0.480. The maximum Gasteiger partial charge on any atom is 0.0248 e. The smallest absolute Gasteiger partial charge is 0.0248 e. The van der Waals surface area contributed by atoms with Gasteiger partial charge in [0.1, 0.15) is 0 Å². The second-order valence-corrected chi connectivity index (χ2v) is 4.48. The van der Waals surface area contributed by atoms with Crippen LogP contribution in [0.15, 0.2) is 0 Å². The van der Waals surface area contributed by atoms with Crippen molar-refractivity contribution in [3.63, 3.8) is 0 Å². The molecule has 0 saturated heterocycles. The Balaban J connectivity index is 4.27. The van der Waals surface area contributed by atoms with Crippen LogP contribution in [0.2, 0.25) is 0 Å². The molecular formula is C13H25N. The number of nitrogens with one attached hydrogen (secondary N) is 1. The molecular weight excluding hydrogens is 170 g/mol. The lowest BCUT2D eigenvalue weighted by Crippen LogP contribution is -2.41. The number of rotatable bonds is 6. The van der Waals surface area contributed by atoms with Gasteiger partial charge in [0.15, 0.2) is 0 Å². The quantitative estimate of drug-likeness (QED) is 0.642. The average Bonchev–Trinajstić information content (AvgIpc) is 2.17. The van der Waals surface area contributed by atoms with Crippen LogP contribution in [0.3, 0.4) is 0 Å². The Kier molecular flexibility index (Phi) is 6.66. The van der Waals surface area contributed by atoms with Crippen LogP contribution >= 0.6 is 0 Å². The Labute approximate surface area is 89.7 Å². The van der Waals surface area contributed by atoms with E-state index in [9.17, 15) is 0 Å². The van der Waals surface area contributed by atoms with E-state index in [0.29, 0.717) is 11.5 Å². The highest BCUT2D eigenvalue weighted by atomic mass is 14.9. The molecule has 1 atom stereocenters. The number of hydrogen-bond donors (Lipinski definition) is 1. The lowest BCUT2D eigenvalue weighted by Gasteiger charge is -2.33. The highest BCUT2D eigenvalue weighted by molar-refractivity contribution is 5.01. The molecule has 0 amide bonds. The van der Waals surface area contributed by atoms with Gasteiger partial charge in [-0.2, -0.15) is 0 Å². The van der Waals surface area contributed by atoms with Crippen LogP contribution in [-0.4, -0.2) is 12.6 Å². The molecule has 0 aromatic heterocycles. The van der Waals surface area contributed by atoms with Gasteiger partial charge in [0, 0.05) is 12.5 Å². The van der Waals surface area contributed by atoms with Crippen molar-refractivity contribution in [3.05, 3.63) is 0 Å². The molecule has 0 aliphatic carbocycles. The van der Waals surface area contributed by atoms with E-state index < -0.39 is 0 Å². The second-order valence-electron chi connectivity index (χ2n) is 4.48. The van der Waals surface area contributed by atoms with E-state index in [0.717, 1.165) is 13.0 Å². The predicted molar refractivity (Wildman–Crippen MR) is 64.2 cm³/mol. The molecule has 14 heavy (non-hydrogen) atoms. The van der Waals surface area contributed by atoms with Gasteiger partial charge in [0.2, 0.25) is 0 Å². The highest BCUT2D eigenvalue weighted by Gasteiger charge is 2.25. The van der Waals surface area contributed by atoms with E-state index in [1.807, 2.05) is 6.92 Å². The van der Waals surface area contributed by atoms with Gasteiger partial charge in [-0.25, -0.2) is 0 Å². The molecule has 1 N–H and O–H groups in total. The molecule has 0 rings (SSSR count). The SMILES string of the molecule is CC#CCC(NCCC)C(C)(C)CC. The Morgan fingerprint density at radius 3 is 2.36 bits per heavy atom. The first-order valence-electron chi connectivity index (χ1n) is 5.71. The van der Waals surface area contributed by atoms with Crippen molar-refractivity contribution in [1.29, 1.82) is 0 Å².